The number of hydrogen-bond acceptors (Lipinski definition) is 4. The van der Waals surface area contributed by atoms with Crippen molar-refractivity contribution in [3.8, 4) is 0 Å². The average Bonchev–Trinajstić information content (AvgIpc) is 3.03. The lowest BCUT2D eigenvalue weighted by Crippen LogP contribution is -2.53. The monoisotopic (exact) mass is 344 g/mol. The van der Waals surface area contributed by atoms with Gasteiger partial charge in [0.05, 0.1) is 0 Å². The highest BCUT2D eigenvalue weighted by Gasteiger charge is 2.52. The Hall–Kier alpha value is -1.34. The molecule has 2 heterocycles. The van der Waals surface area contributed by atoms with Crippen molar-refractivity contribution in [1.82, 2.24) is 20.9 Å². The summed E-state index contributed by atoms with van der Waals surface area (Å²) in [7, 11) is 0. The second-order valence-corrected chi connectivity index (χ2v) is 6.75. The van der Waals surface area contributed by atoms with Crippen molar-refractivity contribution in [2.45, 2.75) is 50.6 Å². The van der Waals surface area contributed by atoms with Gasteiger partial charge in [0.25, 0.3) is 5.91 Å². The fourth-order valence-corrected chi connectivity index (χ4v) is 3.72. The quantitative estimate of drug-likeness (QED) is 0.646. The average molecular weight is 345 g/mol. The molecular formula is C15H25ClN4O3. The summed E-state index contributed by atoms with van der Waals surface area (Å²) in [5.74, 6) is -0.103. The van der Waals surface area contributed by atoms with Crippen molar-refractivity contribution in [2.24, 2.45) is 5.92 Å². The first kappa shape index (κ1) is 18.0. The van der Waals surface area contributed by atoms with E-state index < -0.39 is 11.6 Å². The topological polar surface area (TPSA) is 90.5 Å². The molecule has 4 amide bonds. The summed E-state index contributed by atoms with van der Waals surface area (Å²) < 4.78 is 0. The van der Waals surface area contributed by atoms with Gasteiger partial charge in [-0.3, -0.25) is 14.5 Å². The lowest BCUT2D eigenvalue weighted by atomic mass is 9.95. The van der Waals surface area contributed by atoms with Gasteiger partial charge >= 0.3 is 6.03 Å². The van der Waals surface area contributed by atoms with Gasteiger partial charge < -0.3 is 16.0 Å². The number of imide groups is 1. The maximum Gasteiger partial charge on any atom is 0.325 e. The van der Waals surface area contributed by atoms with Gasteiger partial charge in [-0.25, -0.2) is 4.79 Å². The predicted molar refractivity (Wildman–Crippen MR) is 87.3 cm³/mol. The number of rotatable bonds is 3. The highest BCUT2D eigenvalue weighted by molar-refractivity contribution is 6.09. The molecule has 0 radical (unpaired) electrons. The highest BCUT2D eigenvalue weighted by atomic mass is 35.5. The van der Waals surface area contributed by atoms with Crippen molar-refractivity contribution in [2.75, 3.05) is 19.6 Å². The third-order valence-electron chi connectivity index (χ3n) is 5.18. The van der Waals surface area contributed by atoms with E-state index in [0.717, 1.165) is 37.3 Å². The van der Waals surface area contributed by atoms with Crippen molar-refractivity contribution >= 4 is 30.3 Å². The van der Waals surface area contributed by atoms with Crippen LogP contribution in [0.4, 0.5) is 4.79 Å². The third-order valence-corrected chi connectivity index (χ3v) is 5.18. The molecule has 3 aliphatic rings. The van der Waals surface area contributed by atoms with Crippen LogP contribution in [0.25, 0.3) is 0 Å². The molecule has 3 fully saturated rings. The Morgan fingerprint density at radius 2 is 2.04 bits per heavy atom. The molecule has 0 aromatic rings. The minimum absolute atomic E-state index is 0. The maximum absolute atomic E-state index is 12.5. The molecule has 1 aliphatic carbocycles. The fourth-order valence-electron chi connectivity index (χ4n) is 3.72. The number of nitrogens with zero attached hydrogens (tertiary/aromatic N) is 1. The van der Waals surface area contributed by atoms with E-state index in [1.807, 2.05) is 0 Å². The van der Waals surface area contributed by atoms with Crippen molar-refractivity contribution in [1.29, 1.82) is 0 Å². The van der Waals surface area contributed by atoms with Crippen LogP contribution in [0.5, 0.6) is 0 Å². The van der Waals surface area contributed by atoms with Gasteiger partial charge in [-0.2, -0.15) is 0 Å². The first-order valence-electron chi connectivity index (χ1n) is 8.16. The molecule has 1 spiro atoms. The smallest absolute Gasteiger partial charge is 0.325 e. The largest absolute Gasteiger partial charge is 0.350 e. The minimum atomic E-state index is -0.739. The summed E-state index contributed by atoms with van der Waals surface area (Å²) in [6.07, 6.45) is 4.25. The molecule has 23 heavy (non-hydrogen) atoms. The Labute approximate surface area is 142 Å². The van der Waals surface area contributed by atoms with E-state index in [1.165, 1.54) is 0 Å². The highest BCUT2D eigenvalue weighted by Crippen LogP contribution is 2.34. The van der Waals surface area contributed by atoms with Crippen molar-refractivity contribution in [3.05, 3.63) is 0 Å². The number of carbonyl (C=O) groups excluding carboxylic acids is 3. The van der Waals surface area contributed by atoms with Crippen LogP contribution in [0.1, 0.15) is 39.0 Å². The molecule has 3 rings (SSSR count). The Balaban J connectivity index is 0.00000192. The van der Waals surface area contributed by atoms with Crippen LogP contribution in [-0.2, 0) is 9.59 Å². The zero-order chi connectivity index (χ0) is 15.7. The molecule has 0 bridgehead atoms. The second-order valence-electron chi connectivity index (χ2n) is 6.75. The molecule has 2 saturated heterocycles. The summed E-state index contributed by atoms with van der Waals surface area (Å²) in [4.78, 5) is 37.8. The lowest BCUT2D eigenvalue weighted by Gasteiger charge is -2.30. The fraction of sp³-hybridized carbons (Fsp3) is 0.800. The van der Waals surface area contributed by atoms with Gasteiger partial charge in [-0.1, -0.05) is 19.8 Å². The number of amides is 4. The van der Waals surface area contributed by atoms with Crippen molar-refractivity contribution in [3.63, 3.8) is 0 Å². The van der Waals surface area contributed by atoms with E-state index >= 15 is 0 Å². The van der Waals surface area contributed by atoms with Crippen LogP contribution >= 0.6 is 12.4 Å². The number of carbonyl (C=O) groups is 3. The van der Waals surface area contributed by atoms with Crippen molar-refractivity contribution < 1.29 is 14.4 Å². The molecule has 1 saturated carbocycles. The summed E-state index contributed by atoms with van der Waals surface area (Å²) in [5.41, 5.74) is -0.739. The van der Waals surface area contributed by atoms with Crippen LogP contribution < -0.4 is 16.0 Å². The Morgan fingerprint density at radius 1 is 1.35 bits per heavy atom. The number of nitrogens with one attached hydrogen (secondary N) is 3. The maximum atomic E-state index is 12.5. The molecular weight excluding hydrogens is 320 g/mol. The Bertz CT molecular complexity index is 493. The van der Waals surface area contributed by atoms with E-state index in [0.29, 0.717) is 18.8 Å². The molecule has 0 aromatic heterocycles. The second kappa shape index (κ2) is 7.05. The zero-order valence-corrected chi connectivity index (χ0v) is 14.2. The minimum Gasteiger partial charge on any atom is -0.350 e. The standard InChI is InChI=1S/C15H24N4O3.ClH/c1-10-4-7-16-8-11(10)17-12(20)9-19-13(21)15(18-14(19)22)5-2-3-6-15;/h10-11,16H,2-9H2,1H3,(H,17,20)(H,18,22);1H. The Morgan fingerprint density at radius 3 is 2.70 bits per heavy atom. The van der Waals surface area contributed by atoms with E-state index in [-0.39, 0.29) is 36.8 Å². The number of hydrogen-bond donors (Lipinski definition) is 3. The van der Waals surface area contributed by atoms with Crippen LogP contribution in [0, 0.1) is 5.92 Å². The van der Waals surface area contributed by atoms with Gasteiger partial charge in [0.2, 0.25) is 5.91 Å². The summed E-state index contributed by atoms with van der Waals surface area (Å²) >= 11 is 0. The summed E-state index contributed by atoms with van der Waals surface area (Å²) in [6, 6.07) is -0.376. The summed E-state index contributed by atoms with van der Waals surface area (Å²) in [5, 5.41) is 8.98. The van der Waals surface area contributed by atoms with Gasteiger partial charge in [-0.05, 0) is 31.7 Å². The predicted octanol–water partition coefficient (Wildman–Crippen LogP) is 0.387. The summed E-state index contributed by atoms with van der Waals surface area (Å²) in [6.45, 7) is 3.61. The molecule has 130 valence electrons. The molecule has 7 nitrogen and oxygen atoms in total. The third kappa shape index (κ3) is 3.45. The molecule has 2 aliphatic heterocycles. The molecule has 0 aromatic carbocycles. The number of urea groups is 1. The molecule has 2 atom stereocenters. The van der Waals surface area contributed by atoms with Gasteiger partial charge in [-0.15, -0.1) is 12.4 Å². The van der Waals surface area contributed by atoms with Crippen LogP contribution in [0.2, 0.25) is 0 Å². The first-order valence-corrected chi connectivity index (χ1v) is 8.16. The van der Waals surface area contributed by atoms with E-state index in [2.05, 4.69) is 22.9 Å². The Kier molecular flexibility index (Phi) is 5.52. The van der Waals surface area contributed by atoms with Crippen LogP contribution in [-0.4, -0.2) is 54.0 Å². The van der Waals surface area contributed by atoms with Gasteiger partial charge in [0.15, 0.2) is 0 Å². The first-order chi connectivity index (χ1) is 10.5. The zero-order valence-electron chi connectivity index (χ0n) is 13.4. The lowest BCUT2D eigenvalue weighted by molar-refractivity contribution is -0.135. The van der Waals surface area contributed by atoms with Crippen LogP contribution in [0.15, 0.2) is 0 Å². The normalized spacial score (nSPS) is 29.3. The van der Waals surface area contributed by atoms with E-state index in [1.54, 1.807) is 0 Å². The number of piperidine rings is 1. The van der Waals surface area contributed by atoms with Crippen LogP contribution in [0.3, 0.4) is 0 Å². The molecule has 2 unspecified atom stereocenters. The van der Waals surface area contributed by atoms with Gasteiger partial charge in [0, 0.05) is 12.6 Å². The van der Waals surface area contributed by atoms with E-state index in [4.69, 9.17) is 0 Å². The molecule has 3 N–H and O–H groups in total. The molecule has 8 heteroatoms. The van der Waals surface area contributed by atoms with E-state index in [9.17, 15) is 14.4 Å². The SMILES string of the molecule is CC1CCNCC1NC(=O)CN1C(=O)NC2(CCCC2)C1=O.Cl. The van der Waals surface area contributed by atoms with Gasteiger partial charge in [0.1, 0.15) is 12.1 Å². The number of halogens is 1.